The predicted octanol–water partition coefficient (Wildman–Crippen LogP) is 1.72. The SMILES string of the molecule is CCN1CCC(NCC(C)C)CC1. The summed E-state index contributed by atoms with van der Waals surface area (Å²) in [5.41, 5.74) is 0. The molecule has 0 aromatic rings. The van der Waals surface area contributed by atoms with Gasteiger partial charge in [0.15, 0.2) is 0 Å². The topological polar surface area (TPSA) is 15.3 Å². The number of piperidine rings is 1. The van der Waals surface area contributed by atoms with E-state index in [0.29, 0.717) is 0 Å². The van der Waals surface area contributed by atoms with Crippen LogP contribution < -0.4 is 5.32 Å². The van der Waals surface area contributed by atoms with Crippen molar-refractivity contribution in [2.24, 2.45) is 5.92 Å². The summed E-state index contributed by atoms with van der Waals surface area (Å²) in [4.78, 5) is 2.54. The van der Waals surface area contributed by atoms with Crippen molar-refractivity contribution in [2.75, 3.05) is 26.2 Å². The molecule has 0 aromatic heterocycles. The molecular weight excluding hydrogens is 160 g/mol. The van der Waals surface area contributed by atoms with Crippen molar-refractivity contribution in [3.8, 4) is 0 Å². The molecule has 1 N–H and O–H groups in total. The highest BCUT2D eigenvalue weighted by atomic mass is 15.1. The minimum atomic E-state index is 0.782. The average Bonchev–Trinajstić information content (AvgIpc) is 2.15. The van der Waals surface area contributed by atoms with Gasteiger partial charge in [-0.2, -0.15) is 0 Å². The lowest BCUT2D eigenvalue weighted by Crippen LogP contribution is -2.43. The van der Waals surface area contributed by atoms with Crippen molar-refractivity contribution in [2.45, 2.75) is 39.7 Å². The standard InChI is InChI=1S/C11H24N2/c1-4-13-7-5-11(6-8-13)12-9-10(2)3/h10-12H,4-9H2,1-3H3. The molecule has 0 amide bonds. The minimum Gasteiger partial charge on any atom is -0.314 e. The molecule has 1 aliphatic heterocycles. The Kier molecular flexibility index (Phi) is 4.74. The summed E-state index contributed by atoms with van der Waals surface area (Å²) in [6, 6.07) is 0.783. The molecule has 0 aliphatic carbocycles. The number of rotatable bonds is 4. The Morgan fingerprint density at radius 3 is 2.38 bits per heavy atom. The van der Waals surface area contributed by atoms with E-state index in [1.165, 1.54) is 39.0 Å². The third-order valence-corrected chi connectivity index (χ3v) is 2.85. The third kappa shape index (κ3) is 4.10. The van der Waals surface area contributed by atoms with Crippen LogP contribution in [0.5, 0.6) is 0 Å². The summed E-state index contributed by atoms with van der Waals surface area (Å²) in [6.45, 7) is 11.8. The van der Waals surface area contributed by atoms with E-state index in [2.05, 4.69) is 31.0 Å². The second kappa shape index (κ2) is 5.61. The molecule has 0 radical (unpaired) electrons. The van der Waals surface area contributed by atoms with Crippen LogP contribution in [0.4, 0.5) is 0 Å². The lowest BCUT2D eigenvalue weighted by atomic mass is 10.0. The maximum Gasteiger partial charge on any atom is 0.00915 e. The first-order chi connectivity index (χ1) is 6.22. The van der Waals surface area contributed by atoms with E-state index in [9.17, 15) is 0 Å². The molecule has 0 saturated carbocycles. The maximum absolute atomic E-state index is 3.64. The number of hydrogen-bond donors (Lipinski definition) is 1. The Balaban J connectivity index is 2.10. The van der Waals surface area contributed by atoms with E-state index in [1.807, 2.05) is 0 Å². The second-order valence-electron chi connectivity index (χ2n) is 4.51. The number of hydrogen-bond acceptors (Lipinski definition) is 2. The normalized spacial score (nSPS) is 21.2. The molecule has 0 unspecified atom stereocenters. The fourth-order valence-corrected chi connectivity index (χ4v) is 1.86. The van der Waals surface area contributed by atoms with E-state index in [1.54, 1.807) is 0 Å². The second-order valence-corrected chi connectivity index (χ2v) is 4.51. The zero-order valence-electron chi connectivity index (χ0n) is 9.34. The lowest BCUT2D eigenvalue weighted by molar-refractivity contribution is 0.204. The molecule has 78 valence electrons. The molecule has 0 atom stereocenters. The van der Waals surface area contributed by atoms with Crippen molar-refractivity contribution in [3.05, 3.63) is 0 Å². The molecule has 2 heteroatoms. The van der Waals surface area contributed by atoms with Gasteiger partial charge in [-0.25, -0.2) is 0 Å². The molecule has 1 heterocycles. The van der Waals surface area contributed by atoms with Crippen LogP contribution in [-0.4, -0.2) is 37.1 Å². The molecule has 0 bridgehead atoms. The van der Waals surface area contributed by atoms with Crippen molar-refractivity contribution < 1.29 is 0 Å². The van der Waals surface area contributed by atoms with E-state index >= 15 is 0 Å². The fraction of sp³-hybridized carbons (Fsp3) is 1.00. The highest BCUT2D eigenvalue weighted by molar-refractivity contribution is 4.76. The summed E-state index contributed by atoms with van der Waals surface area (Å²) in [6.07, 6.45) is 2.67. The van der Waals surface area contributed by atoms with Gasteiger partial charge < -0.3 is 10.2 Å². The summed E-state index contributed by atoms with van der Waals surface area (Å²) in [5, 5.41) is 3.64. The van der Waals surface area contributed by atoms with Gasteiger partial charge in [-0.1, -0.05) is 20.8 Å². The zero-order valence-corrected chi connectivity index (χ0v) is 9.34. The Morgan fingerprint density at radius 2 is 1.92 bits per heavy atom. The first kappa shape index (κ1) is 11.0. The van der Waals surface area contributed by atoms with Gasteiger partial charge >= 0.3 is 0 Å². The largest absolute Gasteiger partial charge is 0.314 e. The van der Waals surface area contributed by atoms with Gasteiger partial charge in [0.05, 0.1) is 0 Å². The maximum atomic E-state index is 3.64. The molecule has 1 saturated heterocycles. The van der Waals surface area contributed by atoms with Crippen LogP contribution in [0.1, 0.15) is 33.6 Å². The van der Waals surface area contributed by atoms with Gasteiger partial charge in [0.1, 0.15) is 0 Å². The minimum absolute atomic E-state index is 0.782. The molecule has 1 aliphatic rings. The molecular formula is C11H24N2. The first-order valence-corrected chi connectivity index (χ1v) is 5.68. The van der Waals surface area contributed by atoms with Crippen LogP contribution in [0.2, 0.25) is 0 Å². The zero-order chi connectivity index (χ0) is 9.68. The Morgan fingerprint density at radius 1 is 1.31 bits per heavy atom. The highest BCUT2D eigenvalue weighted by Crippen LogP contribution is 2.09. The van der Waals surface area contributed by atoms with Crippen molar-refractivity contribution in [3.63, 3.8) is 0 Å². The quantitative estimate of drug-likeness (QED) is 0.715. The van der Waals surface area contributed by atoms with Crippen LogP contribution in [0, 0.1) is 5.92 Å². The molecule has 2 nitrogen and oxygen atoms in total. The Hall–Kier alpha value is -0.0800. The molecule has 0 spiro atoms. The molecule has 13 heavy (non-hydrogen) atoms. The van der Waals surface area contributed by atoms with Gasteiger partial charge in [-0.15, -0.1) is 0 Å². The molecule has 0 aromatic carbocycles. The average molecular weight is 184 g/mol. The van der Waals surface area contributed by atoms with Crippen LogP contribution >= 0.6 is 0 Å². The van der Waals surface area contributed by atoms with Gasteiger partial charge in [-0.3, -0.25) is 0 Å². The predicted molar refractivity (Wildman–Crippen MR) is 58.0 cm³/mol. The number of likely N-dealkylation sites (tertiary alicyclic amines) is 1. The third-order valence-electron chi connectivity index (χ3n) is 2.85. The van der Waals surface area contributed by atoms with Crippen molar-refractivity contribution in [1.29, 1.82) is 0 Å². The number of nitrogens with zero attached hydrogens (tertiary/aromatic N) is 1. The summed E-state index contributed by atoms with van der Waals surface area (Å²) in [7, 11) is 0. The summed E-state index contributed by atoms with van der Waals surface area (Å²) < 4.78 is 0. The van der Waals surface area contributed by atoms with Gasteiger partial charge in [-0.05, 0) is 44.9 Å². The van der Waals surface area contributed by atoms with Crippen LogP contribution in [0.15, 0.2) is 0 Å². The lowest BCUT2D eigenvalue weighted by Gasteiger charge is -2.31. The Bertz CT molecular complexity index is 126. The van der Waals surface area contributed by atoms with E-state index in [-0.39, 0.29) is 0 Å². The summed E-state index contributed by atoms with van der Waals surface area (Å²) in [5.74, 6) is 0.782. The summed E-state index contributed by atoms with van der Waals surface area (Å²) >= 11 is 0. The Labute approximate surface area is 82.7 Å². The van der Waals surface area contributed by atoms with Gasteiger partial charge in [0.25, 0.3) is 0 Å². The van der Waals surface area contributed by atoms with Crippen LogP contribution in [0.25, 0.3) is 0 Å². The molecule has 1 fully saturated rings. The van der Waals surface area contributed by atoms with Crippen molar-refractivity contribution in [1.82, 2.24) is 10.2 Å². The highest BCUT2D eigenvalue weighted by Gasteiger charge is 2.17. The first-order valence-electron chi connectivity index (χ1n) is 5.68. The van der Waals surface area contributed by atoms with Crippen LogP contribution in [0.3, 0.4) is 0 Å². The fourth-order valence-electron chi connectivity index (χ4n) is 1.86. The van der Waals surface area contributed by atoms with E-state index in [0.717, 1.165) is 12.0 Å². The van der Waals surface area contributed by atoms with Gasteiger partial charge in [0.2, 0.25) is 0 Å². The van der Waals surface area contributed by atoms with Crippen LogP contribution in [-0.2, 0) is 0 Å². The van der Waals surface area contributed by atoms with E-state index < -0.39 is 0 Å². The van der Waals surface area contributed by atoms with Gasteiger partial charge in [0, 0.05) is 6.04 Å². The number of nitrogens with one attached hydrogen (secondary N) is 1. The monoisotopic (exact) mass is 184 g/mol. The molecule has 1 rings (SSSR count). The van der Waals surface area contributed by atoms with Crippen molar-refractivity contribution >= 4 is 0 Å². The smallest absolute Gasteiger partial charge is 0.00915 e. The van der Waals surface area contributed by atoms with E-state index in [4.69, 9.17) is 0 Å².